The van der Waals surface area contributed by atoms with E-state index in [-0.39, 0.29) is 11.9 Å². The number of fused-ring (bicyclic) bond motifs is 1. The molecule has 1 nitrogen and oxygen atoms in total. The molecule has 1 heterocycles. The molecule has 0 aliphatic rings. The Balaban J connectivity index is 1.84. The molecule has 0 aliphatic heterocycles. The topological polar surface area (TPSA) is 26.0 Å². The third-order valence-corrected chi connectivity index (χ3v) is 4.73. The molecule has 0 saturated heterocycles. The van der Waals surface area contributed by atoms with E-state index in [1.54, 1.807) is 23.5 Å². The highest BCUT2D eigenvalue weighted by molar-refractivity contribution is 7.19. The van der Waals surface area contributed by atoms with Gasteiger partial charge >= 0.3 is 0 Å². The maximum atomic E-state index is 13.2. The minimum Gasteiger partial charge on any atom is -0.323 e. The summed E-state index contributed by atoms with van der Waals surface area (Å²) in [6.45, 7) is 0. The molecule has 3 rings (SSSR count). The lowest BCUT2D eigenvalue weighted by atomic mass is 10.1. The van der Waals surface area contributed by atoms with Crippen LogP contribution in [0.5, 0.6) is 0 Å². The van der Waals surface area contributed by atoms with E-state index in [1.807, 2.05) is 30.3 Å². The van der Waals surface area contributed by atoms with Crippen molar-refractivity contribution in [1.82, 2.24) is 0 Å². The minimum atomic E-state index is -0.215. The van der Waals surface area contributed by atoms with E-state index < -0.39 is 0 Å². The monoisotopic (exact) mass is 305 g/mol. The van der Waals surface area contributed by atoms with Gasteiger partial charge in [-0.25, -0.2) is 4.39 Å². The van der Waals surface area contributed by atoms with Gasteiger partial charge in [0.2, 0.25) is 0 Å². The highest BCUT2D eigenvalue weighted by Gasteiger charge is 2.11. The normalized spacial score (nSPS) is 12.8. The number of rotatable bonds is 3. The lowest BCUT2D eigenvalue weighted by Crippen LogP contribution is -2.11. The molecular weight excluding hydrogens is 293 g/mol. The number of benzene rings is 2. The molecule has 0 amide bonds. The van der Waals surface area contributed by atoms with Crippen molar-refractivity contribution in [2.24, 2.45) is 5.73 Å². The predicted molar refractivity (Wildman–Crippen MR) is 83.9 cm³/mol. The van der Waals surface area contributed by atoms with Gasteiger partial charge in [0.25, 0.3) is 0 Å². The van der Waals surface area contributed by atoms with Crippen LogP contribution in [-0.4, -0.2) is 0 Å². The van der Waals surface area contributed by atoms with E-state index in [4.69, 9.17) is 17.3 Å². The first kappa shape index (κ1) is 13.6. The first-order chi connectivity index (χ1) is 9.61. The van der Waals surface area contributed by atoms with Crippen molar-refractivity contribution in [3.05, 3.63) is 69.8 Å². The third-order valence-electron chi connectivity index (χ3n) is 3.23. The Labute approximate surface area is 125 Å². The zero-order valence-electron chi connectivity index (χ0n) is 10.6. The van der Waals surface area contributed by atoms with Gasteiger partial charge in [-0.3, -0.25) is 0 Å². The van der Waals surface area contributed by atoms with Crippen molar-refractivity contribution in [3.8, 4) is 0 Å². The van der Waals surface area contributed by atoms with Crippen LogP contribution in [0.25, 0.3) is 10.1 Å². The van der Waals surface area contributed by atoms with E-state index in [9.17, 15) is 4.39 Å². The number of thiophene rings is 1. The average Bonchev–Trinajstić information content (AvgIpc) is 2.84. The van der Waals surface area contributed by atoms with Gasteiger partial charge in [0.05, 0.1) is 0 Å². The fraction of sp³-hybridized carbons (Fsp3) is 0.125. The quantitative estimate of drug-likeness (QED) is 0.729. The predicted octanol–water partition coefficient (Wildman–Crippen LogP) is 4.94. The average molecular weight is 306 g/mol. The molecule has 0 spiro atoms. The van der Waals surface area contributed by atoms with Crippen molar-refractivity contribution < 1.29 is 4.39 Å². The van der Waals surface area contributed by atoms with Crippen molar-refractivity contribution in [1.29, 1.82) is 0 Å². The van der Waals surface area contributed by atoms with Crippen LogP contribution in [0.4, 0.5) is 4.39 Å². The smallest absolute Gasteiger partial charge is 0.123 e. The fourth-order valence-corrected chi connectivity index (χ4v) is 3.36. The van der Waals surface area contributed by atoms with E-state index >= 15 is 0 Å². The highest BCUT2D eigenvalue weighted by Crippen LogP contribution is 2.31. The van der Waals surface area contributed by atoms with Gasteiger partial charge in [-0.1, -0.05) is 23.7 Å². The summed E-state index contributed by atoms with van der Waals surface area (Å²) < 4.78 is 14.3. The fourth-order valence-electron chi connectivity index (χ4n) is 2.19. The molecule has 2 aromatic carbocycles. The molecule has 4 heteroatoms. The van der Waals surface area contributed by atoms with Crippen LogP contribution in [-0.2, 0) is 6.42 Å². The molecule has 1 atom stereocenters. The molecule has 20 heavy (non-hydrogen) atoms. The van der Waals surface area contributed by atoms with Crippen molar-refractivity contribution in [2.75, 3.05) is 0 Å². The van der Waals surface area contributed by atoms with Crippen LogP contribution >= 0.6 is 22.9 Å². The van der Waals surface area contributed by atoms with E-state index in [0.29, 0.717) is 0 Å². The summed E-state index contributed by atoms with van der Waals surface area (Å²) in [5.74, 6) is -0.215. The van der Waals surface area contributed by atoms with E-state index in [0.717, 1.165) is 32.0 Å². The van der Waals surface area contributed by atoms with Gasteiger partial charge < -0.3 is 5.73 Å². The van der Waals surface area contributed by atoms with Crippen LogP contribution in [0.2, 0.25) is 5.02 Å². The number of nitrogens with two attached hydrogens (primary N) is 1. The Morgan fingerprint density at radius 1 is 1.10 bits per heavy atom. The zero-order chi connectivity index (χ0) is 14.1. The summed E-state index contributed by atoms with van der Waals surface area (Å²) >= 11 is 7.49. The molecule has 0 radical (unpaired) electrons. The maximum Gasteiger partial charge on any atom is 0.123 e. The van der Waals surface area contributed by atoms with Crippen LogP contribution < -0.4 is 5.73 Å². The van der Waals surface area contributed by atoms with Crippen molar-refractivity contribution in [2.45, 2.75) is 12.5 Å². The van der Waals surface area contributed by atoms with Crippen LogP contribution in [0.3, 0.4) is 0 Å². The molecule has 3 aromatic rings. The molecule has 0 aliphatic carbocycles. The summed E-state index contributed by atoms with van der Waals surface area (Å²) in [5, 5.41) is 1.64. The summed E-state index contributed by atoms with van der Waals surface area (Å²) in [6, 6.07) is 14.4. The Morgan fingerprint density at radius 2 is 1.85 bits per heavy atom. The maximum absolute atomic E-state index is 13.2. The third kappa shape index (κ3) is 2.85. The summed E-state index contributed by atoms with van der Waals surface area (Å²) in [7, 11) is 0. The van der Waals surface area contributed by atoms with Crippen LogP contribution in [0.1, 0.15) is 16.5 Å². The van der Waals surface area contributed by atoms with E-state index in [2.05, 4.69) is 0 Å². The second-order valence-electron chi connectivity index (χ2n) is 4.77. The van der Waals surface area contributed by atoms with Crippen LogP contribution in [0.15, 0.2) is 48.5 Å². The highest BCUT2D eigenvalue weighted by atomic mass is 35.5. The Kier molecular flexibility index (Phi) is 3.74. The van der Waals surface area contributed by atoms with Crippen LogP contribution in [0, 0.1) is 5.82 Å². The Morgan fingerprint density at radius 3 is 2.60 bits per heavy atom. The molecule has 1 aromatic heterocycles. The summed E-state index contributed by atoms with van der Waals surface area (Å²) in [4.78, 5) is 1.07. The molecule has 1 unspecified atom stereocenters. The van der Waals surface area contributed by atoms with Gasteiger partial charge in [0.15, 0.2) is 0 Å². The van der Waals surface area contributed by atoms with Gasteiger partial charge in [0.1, 0.15) is 5.82 Å². The lowest BCUT2D eigenvalue weighted by Gasteiger charge is -2.09. The summed E-state index contributed by atoms with van der Waals surface area (Å²) in [6.07, 6.45) is 0.743. The largest absolute Gasteiger partial charge is 0.323 e. The standard InChI is InChI=1S/C16H13ClFNS/c17-12-3-1-10(2-4-12)7-14(19)16-9-11-8-13(18)5-6-15(11)20-16/h1-6,8-9,14H,7,19H2. The minimum absolute atomic E-state index is 0.0864. The molecule has 0 saturated carbocycles. The number of halogens is 2. The number of hydrogen-bond acceptors (Lipinski definition) is 2. The molecule has 0 bridgehead atoms. The van der Waals surface area contributed by atoms with Gasteiger partial charge in [-0.2, -0.15) is 0 Å². The van der Waals surface area contributed by atoms with Gasteiger partial charge in [-0.05, 0) is 53.8 Å². The Bertz CT molecular complexity index is 736. The second kappa shape index (κ2) is 5.52. The molecular formula is C16H13ClFNS. The van der Waals surface area contributed by atoms with E-state index in [1.165, 1.54) is 6.07 Å². The molecule has 102 valence electrons. The first-order valence-electron chi connectivity index (χ1n) is 6.31. The van der Waals surface area contributed by atoms with Gasteiger partial charge in [0, 0.05) is 20.6 Å². The van der Waals surface area contributed by atoms with Gasteiger partial charge in [-0.15, -0.1) is 11.3 Å². The number of hydrogen-bond donors (Lipinski definition) is 1. The SMILES string of the molecule is NC(Cc1ccc(Cl)cc1)c1cc2cc(F)ccc2s1. The zero-order valence-corrected chi connectivity index (χ0v) is 12.2. The Hall–Kier alpha value is -1.42. The second-order valence-corrected chi connectivity index (χ2v) is 6.32. The molecule has 0 fully saturated rings. The first-order valence-corrected chi connectivity index (χ1v) is 7.50. The summed E-state index contributed by atoms with van der Waals surface area (Å²) in [5.41, 5.74) is 7.39. The van der Waals surface area contributed by atoms with Crippen molar-refractivity contribution >= 4 is 33.0 Å². The van der Waals surface area contributed by atoms with Crippen molar-refractivity contribution in [3.63, 3.8) is 0 Å². The lowest BCUT2D eigenvalue weighted by molar-refractivity contribution is 0.630. The molecule has 2 N–H and O–H groups in total.